The summed E-state index contributed by atoms with van der Waals surface area (Å²) >= 11 is 0. The van der Waals surface area contributed by atoms with Crippen LogP contribution in [0.4, 0.5) is 0 Å². The summed E-state index contributed by atoms with van der Waals surface area (Å²) in [6.07, 6.45) is 3.67. The van der Waals surface area contributed by atoms with Crippen LogP contribution in [0.5, 0.6) is 0 Å². The molecule has 0 saturated heterocycles. The molecular formula is C17H36N2O. The number of rotatable bonds is 11. The minimum absolute atomic E-state index is 0.0697. The average molecular weight is 284 g/mol. The first-order chi connectivity index (χ1) is 9.43. The summed E-state index contributed by atoms with van der Waals surface area (Å²) in [6, 6.07) is 0. The van der Waals surface area contributed by atoms with Crippen molar-refractivity contribution in [3.05, 3.63) is 0 Å². The maximum absolute atomic E-state index is 10.0. The van der Waals surface area contributed by atoms with Gasteiger partial charge in [-0.3, -0.25) is 0 Å². The summed E-state index contributed by atoms with van der Waals surface area (Å²) in [7, 11) is 0. The third-order valence-electron chi connectivity index (χ3n) is 4.12. The fourth-order valence-corrected chi connectivity index (χ4v) is 3.21. The van der Waals surface area contributed by atoms with E-state index in [0.717, 1.165) is 32.6 Å². The summed E-state index contributed by atoms with van der Waals surface area (Å²) < 4.78 is 0. The maximum Gasteiger partial charge on any atom is 0.0628 e. The van der Waals surface area contributed by atoms with Gasteiger partial charge >= 0.3 is 0 Å². The molecule has 0 spiro atoms. The molecule has 1 atom stereocenters. The second kappa shape index (κ2) is 8.35. The van der Waals surface area contributed by atoms with E-state index in [9.17, 15) is 5.11 Å². The number of aliphatic hydroxyl groups is 1. The van der Waals surface area contributed by atoms with Gasteiger partial charge in [-0.25, -0.2) is 0 Å². The van der Waals surface area contributed by atoms with Crippen LogP contribution in [0.25, 0.3) is 0 Å². The molecule has 1 aliphatic rings. The average Bonchev–Trinajstić information content (AvgIpc) is 3.17. The molecule has 1 aliphatic carbocycles. The Morgan fingerprint density at radius 1 is 1.15 bits per heavy atom. The van der Waals surface area contributed by atoms with E-state index in [-0.39, 0.29) is 12.1 Å². The number of aliphatic hydroxyl groups excluding tert-OH is 1. The summed E-state index contributed by atoms with van der Waals surface area (Å²) in [4.78, 5) is 2.56. The lowest BCUT2D eigenvalue weighted by Gasteiger charge is -2.40. The summed E-state index contributed by atoms with van der Waals surface area (Å²) in [5.74, 6) is 2.02. The predicted molar refractivity (Wildman–Crippen MR) is 87.0 cm³/mol. The zero-order chi connectivity index (χ0) is 15.2. The third-order valence-corrected chi connectivity index (χ3v) is 4.12. The van der Waals surface area contributed by atoms with E-state index in [1.807, 2.05) is 0 Å². The van der Waals surface area contributed by atoms with Gasteiger partial charge in [-0.1, -0.05) is 34.6 Å². The normalized spacial score (nSPS) is 19.1. The number of nitrogens with one attached hydrogen (secondary N) is 1. The molecule has 0 aromatic rings. The Morgan fingerprint density at radius 2 is 1.70 bits per heavy atom. The van der Waals surface area contributed by atoms with Crippen molar-refractivity contribution >= 4 is 0 Å². The molecule has 3 nitrogen and oxygen atoms in total. The van der Waals surface area contributed by atoms with Crippen molar-refractivity contribution in [1.82, 2.24) is 10.2 Å². The van der Waals surface area contributed by atoms with Gasteiger partial charge < -0.3 is 15.3 Å². The van der Waals surface area contributed by atoms with Crippen LogP contribution in [0.2, 0.25) is 0 Å². The molecule has 1 unspecified atom stereocenters. The topological polar surface area (TPSA) is 35.5 Å². The van der Waals surface area contributed by atoms with Crippen molar-refractivity contribution in [3.63, 3.8) is 0 Å². The lowest BCUT2D eigenvalue weighted by atomic mass is 9.92. The lowest BCUT2D eigenvalue weighted by molar-refractivity contribution is 0.0795. The number of hydrogen-bond donors (Lipinski definition) is 2. The monoisotopic (exact) mass is 284 g/mol. The Labute approximate surface area is 126 Å². The van der Waals surface area contributed by atoms with Gasteiger partial charge in [0.25, 0.3) is 0 Å². The third kappa shape index (κ3) is 5.71. The zero-order valence-corrected chi connectivity index (χ0v) is 14.3. The Bertz CT molecular complexity index is 254. The molecule has 3 heteroatoms. The summed E-state index contributed by atoms with van der Waals surface area (Å²) in [5, 5.41) is 13.7. The van der Waals surface area contributed by atoms with Gasteiger partial charge in [0.2, 0.25) is 0 Å². The predicted octanol–water partition coefficient (Wildman–Crippen LogP) is 2.74. The Morgan fingerprint density at radius 3 is 2.05 bits per heavy atom. The van der Waals surface area contributed by atoms with Crippen LogP contribution in [0, 0.1) is 17.8 Å². The van der Waals surface area contributed by atoms with Crippen LogP contribution in [0.1, 0.15) is 53.9 Å². The van der Waals surface area contributed by atoms with E-state index >= 15 is 0 Å². The van der Waals surface area contributed by atoms with E-state index in [1.54, 1.807) is 0 Å². The highest BCUT2D eigenvalue weighted by Gasteiger charge is 2.45. The molecule has 0 heterocycles. The molecule has 0 aromatic heterocycles. The van der Waals surface area contributed by atoms with Gasteiger partial charge in [0, 0.05) is 19.6 Å². The van der Waals surface area contributed by atoms with Crippen LogP contribution in [0.3, 0.4) is 0 Å². The molecule has 1 saturated carbocycles. The van der Waals surface area contributed by atoms with Gasteiger partial charge in [0.05, 0.1) is 12.1 Å². The van der Waals surface area contributed by atoms with Crippen LogP contribution in [-0.4, -0.2) is 48.3 Å². The van der Waals surface area contributed by atoms with Crippen molar-refractivity contribution in [1.29, 1.82) is 0 Å². The fourth-order valence-electron chi connectivity index (χ4n) is 3.21. The highest BCUT2D eigenvalue weighted by Crippen LogP contribution is 2.40. The van der Waals surface area contributed by atoms with Crippen molar-refractivity contribution in [2.24, 2.45) is 17.8 Å². The Hall–Kier alpha value is -0.120. The summed E-state index contributed by atoms with van der Waals surface area (Å²) in [6.45, 7) is 15.8. The molecular weight excluding hydrogens is 248 g/mol. The molecule has 0 bridgehead atoms. The van der Waals surface area contributed by atoms with E-state index in [4.69, 9.17) is 0 Å². The molecule has 2 N–H and O–H groups in total. The van der Waals surface area contributed by atoms with E-state index in [1.165, 1.54) is 12.8 Å². The molecule has 1 fully saturated rings. The molecule has 20 heavy (non-hydrogen) atoms. The highest BCUT2D eigenvalue weighted by atomic mass is 16.3. The number of nitrogens with zero attached hydrogens (tertiary/aromatic N) is 1. The fraction of sp³-hybridized carbons (Fsp3) is 1.00. The van der Waals surface area contributed by atoms with Gasteiger partial charge in [0.1, 0.15) is 0 Å². The van der Waals surface area contributed by atoms with Crippen LogP contribution >= 0.6 is 0 Å². The largest absolute Gasteiger partial charge is 0.394 e. The quantitative estimate of drug-likeness (QED) is 0.612. The van der Waals surface area contributed by atoms with Crippen LogP contribution < -0.4 is 5.32 Å². The van der Waals surface area contributed by atoms with Crippen LogP contribution in [-0.2, 0) is 0 Å². The van der Waals surface area contributed by atoms with Gasteiger partial charge in [0.15, 0.2) is 0 Å². The SMILES string of the molecule is CCCNC(CO)(CN(CC(C)C)CC(C)C)C1CC1. The van der Waals surface area contributed by atoms with Gasteiger partial charge in [-0.15, -0.1) is 0 Å². The van der Waals surface area contributed by atoms with E-state index in [2.05, 4.69) is 44.8 Å². The Balaban J connectivity index is 2.71. The first-order valence-electron chi connectivity index (χ1n) is 8.51. The molecule has 1 rings (SSSR count). The van der Waals surface area contributed by atoms with Gasteiger partial charge in [-0.2, -0.15) is 0 Å². The second-order valence-corrected chi connectivity index (χ2v) is 7.50. The molecule has 0 aliphatic heterocycles. The lowest BCUT2D eigenvalue weighted by Crippen LogP contribution is -2.59. The van der Waals surface area contributed by atoms with Crippen LogP contribution in [0.15, 0.2) is 0 Å². The van der Waals surface area contributed by atoms with Crippen molar-refractivity contribution < 1.29 is 5.11 Å². The Kier molecular flexibility index (Phi) is 7.49. The zero-order valence-electron chi connectivity index (χ0n) is 14.3. The maximum atomic E-state index is 10.0. The molecule has 0 amide bonds. The smallest absolute Gasteiger partial charge is 0.0628 e. The van der Waals surface area contributed by atoms with Crippen molar-refractivity contribution in [3.8, 4) is 0 Å². The molecule has 0 radical (unpaired) electrons. The van der Waals surface area contributed by atoms with Crippen molar-refractivity contribution in [2.45, 2.75) is 59.4 Å². The molecule has 0 aromatic carbocycles. The van der Waals surface area contributed by atoms with Gasteiger partial charge in [-0.05, 0) is 43.6 Å². The van der Waals surface area contributed by atoms with E-state index in [0.29, 0.717) is 17.8 Å². The first-order valence-corrected chi connectivity index (χ1v) is 8.51. The number of hydrogen-bond acceptors (Lipinski definition) is 3. The standard InChI is InChI=1S/C17H36N2O/c1-6-9-18-17(13-20,16-7-8-16)12-19(10-14(2)3)11-15(4)5/h14-16,18,20H,6-13H2,1-5H3. The second-order valence-electron chi connectivity index (χ2n) is 7.50. The summed E-state index contributed by atoms with van der Waals surface area (Å²) in [5.41, 5.74) is -0.0697. The highest BCUT2D eigenvalue weighted by molar-refractivity contribution is 5.03. The minimum Gasteiger partial charge on any atom is -0.394 e. The molecule has 120 valence electrons. The minimum atomic E-state index is -0.0697. The van der Waals surface area contributed by atoms with E-state index < -0.39 is 0 Å². The van der Waals surface area contributed by atoms with Crippen molar-refractivity contribution in [2.75, 3.05) is 32.8 Å². The first kappa shape index (κ1) is 17.9.